The molecule has 0 spiro atoms. The minimum absolute atomic E-state index is 0.0490. The zero-order valence-corrected chi connectivity index (χ0v) is 14.3. The molecule has 128 valence electrons. The van der Waals surface area contributed by atoms with Crippen molar-refractivity contribution in [3.8, 4) is 11.1 Å². The average molecular weight is 335 g/mol. The number of carbonyl (C=O) groups excluding carboxylic acids is 1. The largest absolute Gasteiger partial charge is 0.398 e. The Morgan fingerprint density at radius 3 is 2.80 bits per heavy atom. The van der Waals surface area contributed by atoms with E-state index in [2.05, 4.69) is 40.4 Å². The first kappa shape index (κ1) is 15.6. The van der Waals surface area contributed by atoms with E-state index in [0.29, 0.717) is 17.4 Å². The van der Waals surface area contributed by atoms with Gasteiger partial charge in [0.1, 0.15) is 5.82 Å². The SMILES string of the molecule is CC(C)c1[nH]ncc1-c1cc(N)c2cnc(NC(=O)C3CC3)cc2c1. The molecule has 1 aromatic carbocycles. The summed E-state index contributed by atoms with van der Waals surface area (Å²) in [7, 11) is 0. The van der Waals surface area contributed by atoms with Crippen LogP contribution in [0.3, 0.4) is 0 Å². The number of aromatic nitrogens is 3. The molecule has 1 amide bonds. The third-order valence-electron chi connectivity index (χ3n) is 4.63. The van der Waals surface area contributed by atoms with Crippen LogP contribution in [0.1, 0.15) is 38.3 Å². The maximum atomic E-state index is 12.0. The molecule has 2 heterocycles. The van der Waals surface area contributed by atoms with Gasteiger partial charge >= 0.3 is 0 Å². The van der Waals surface area contributed by atoms with Gasteiger partial charge in [0.2, 0.25) is 5.91 Å². The van der Waals surface area contributed by atoms with Crippen LogP contribution in [0.25, 0.3) is 21.9 Å². The number of nitrogen functional groups attached to an aromatic ring is 1. The number of rotatable bonds is 4. The van der Waals surface area contributed by atoms with Gasteiger partial charge in [0.05, 0.1) is 6.20 Å². The first-order valence-electron chi connectivity index (χ1n) is 8.56. The van der Waals surface area contributed by atoms with Gasteiger partial charge < -0.3 is 11.1 Å². The number of anilines is 2. The van der Waals surface area contributed by atoms with Crippen LogP contribution in [-0.4, -0.2) is 21.1 Å². The van der Waals surface area contributed by atoms with Crippen molar-refractivity contribution < 1.29 is 4.79 Å². The van der Waals surface area contributed by atoms with E-state index in [4.69, 9.17) is 5.73 Å². The average Bonchev–Trinajstić information content (AvgIpc) is 3.31. The van der Waals surface area contributed by atoms with E-state index in [9.17, 15) is 4.79 Å². The summed E-state index contributed by atoms with van der Waals surface area (Å²) in [6.07, 6.45) is 5.48. The van der Waals surface area contributed by atoms with Crippen LogP contribution in [0.15, 0.2) is 30.6 Å². The van der Waals surface area contributed by atoms with Crippen LogP contribution >= 0.6 is 0 Å². The first-order chi connectivity index (χ1) is 12.0. The number of pyridine rings is 1. The van der Waals surface area contributed by atoms with Gasteiger partial charge in [-0.1, -0.05) is 13.8 Å². The highest BCUT2D eigenvalue weighted by Gasteiger charge is 2.29. The Balaban J connectivity index is 1.76. The molecule has 4 rings (SSSR count). The van der Waals surface area contributed by atoms with Crippen LogP contribution in [0.2, 0.25) is 0 Å². The number of fused-ring (bicyclic) bond motifs is 1. The van der Waals surface area contributed by atoms with Crippen molar-refractivity contribution in [2.24, 2.45) is 5.92 Å². The second kappa shape index (κ2) is 5.88. The van der Waals surface area contributed by atoms with Crippen molar-refractivity contribution in [2.75, 3.05) is 11.1 Å². The number of H-pyrrole nitrogens is 1. The minimum atomic E-state index is 0.0490. The van der Waals surface area contributed by atoms with Crippen molar-refractivity contribution in [2.45, 2.75) is 32.6 Å². The van der Waals surface area contributed by atoms with E-state index in [0.717, 1.165) is 40.4 Å². The molecule has 1 aliphatic carbocycles. The topological polar surface area (TPSA) is 96.7 Å². The molecule has 6 nitrogen and oxygen atoms in total. The van der Waals surface area contributed by atoms with Gasteiger partial charge in [-0.15, -0.1) is 0 Å². The number of nitrogens with one attached hydrogen (secondary N) is 2. The summed E-state index contributed by atoms with van der Waals surface area (Å²) >= 11 is 0. The van der Waals surface area contributed by atoms with E-state index in [1.165, 1.54) is 0 Å². The Kier molecular flexibility index (Phi) is 3.67. The third-order valence-corrected chi connectivity index (χ3v) is 4.63. The number of amides is 1. The fourth-order valence-corrected chi connectivity index (χ4v) is 3.05. The Bertz CT molecular complexity index is 956. The Hall–Kier alpha value is -2.89. The summed E-state index contributed by atoms with van der Waals surface area (Å²) in [5, 5.41) is 12.0. The minimum Gasteiger partial charge on any atom is -0.398 e. The van der Waals surface area contributed by atoms with E-state index in [1.54, 1.807) is 6.20 Å². The van der Waals surface area contributed by atoms with Crippen LogP contribution in [0, 0.1) is 5.92 Å². The monoisotopic (exact) mass is 335 g/mol. The summed E-state index contributed by atoms with van der Waals surface area (Å²) in [6.45, 7) is 4.24. The van der Waals surface area contributed by atoms with Crippen molar-refractivity contribution >= 4 is 28.2 Å². The molecular weight excluding hydrogens is 314 g/mol. The van der Waals surface area contributed by atoms with Crippen LogP contribution in [0.4, 0.5) is 11.5 Å². The molecule has 6 heteroatoms. The molecule has 0 atom stereocenters. The van der Waals surface area contributed by atoms with Gasteiger partial charge in [-0.25, -0.2) is 4.98 Å². The fourth-order valence-electron chi connectivity index (χ4n) is 3.05. The number of aromatic amines is 1. The molecule has 0 unspecified atom stereocenters. The Morgan fingerprint density at radius 2 is 2.08 bits per heavy atom. The number of nitrogens with zero attached hydrogens (tertiary/aromatic N) is 2. The number of hydrogen-bond donors (Lipinski definition) is 3. The molecule has 0 bridgehead atoms. The maximum absolute atomic E-state index is 12.0. The Morgan fingerprint density at radius 1 is 1.28 bits per heavy atom. The summed E-state index contributed by atoms with van der Waals surface area (Å²) in [6, 6.07) is 5.89. The molecule has 3 aromatic rings. The quantitative estimate of drug-likeness (QED) is 0.634. The van der Waals surface area contributed by atoms with E-state index in [1.807, 2.05) is 18.3 Å². The number of hydrogen-bond acceptors (Lipinski definition) is 4. The van der Waals surface area contributed by atoms with Gasteiger partial charge in [-0.3, -0.25) is 9.89 Å². The molecule has 2 aromatic heterocycles. The molecule has 1 aliphatic rings. The molecule has 25 heavy (non-hydrogen) atoms. The molecule has 1 saturated carbocycles. The highest BCUT2D eigenvalue weighted by atomic mass is 16.2. The highest BCUT2D eigenvalue weighted by Crippen LogP contribution is 2.34. The van der Waals surface area contributed by atoms with Gasteiger partial charge in [-0.05, 0) is 47.9 Å². The second-order valence-corrected chi connectivity index (χ2v) is 6.97. The lowest BCUT2D eigenvalue weighted by Crippen LogP contribution is -2.14. The summed E-state index contributed by atoms with van der Waals surface area (Å²) in [5.74, 6) is 1.10. The molecule has 0 aliphatic heterocycles. The van der Waals surface area contributed by atoms with Crippen molar-refractivity contribution in [1.29, 1.82) is 0 Å². The number of nitrogens with two attached hydrogens (primary N) is 1. The second-order valence-electron chi connectivity index (χ2n) is 6.97. The van der Waals surface area contributed by atoms with Crippen LogP contribution in [0.5, 0.6) is 0 Å². The lowest BCUT2D eigenvalue weighted by Gasteiger charge is -2.11. The predicted octanol–water partition coefficient (Wildman–Crippen LogP) is 3.68. The summed E-state index contributed by atoms with van der Waals surface area (Å²) < 4.78 is 0. The normalized spacial score (nSPS) is 14.2. The van der Waals surface area contributed by atoms with Gasteiger partial charge in [0.25, 0.3) is 0 Å². The molecule has 0 radical (unpaired) electrons. The Labute approximate surface area is 145 Å². The lowest BCUT2D eigenvalue weighted by atomic mass is 9.97. The number of carbonyl (C=O) groups is 1. The zero-order valence-electron chi connectivity index (χ0n) is 14.3. The van der Waals surface area contributed by atoms with Crippen molar-refractivity contribution in [3.05, 3.63) is 36.3 Å². The van der Waals surface area contributed by atoms with E-state index >= 15 is 0 Å². The molecule has 4 N–H and O–H groups in total. The molecule has 0 saturated heterocycles. The van der Waals surface area contributed by atoms with Crippen LogP contribution < -0.4 is 11.1 Å². The fraction of sp³-hybridized carbons (Fsp3) is 0.316. The van der Waals surface area contributed by atoms with Crippen molar-refractivity contribution in [1.82, 2.24) is 15.2 Å². The van der Waals surface area contributed by atoms with E-state index < -0.39 is 0 Å². The lowest BCUT2D eigenvalue weighted by molar-refractivity contribution is -0.117. The maximum Gasteiger partial charge on any atom is 0.228 e. The van der Waals surface area contributed by atoms with Crippen LogP contribution in [-0.2, 0) is 4.79 Å². The highest BCUT2D eigenvalue weighted by molar-refractivity contribution is 6.00. The smallest absolute Gasteiger partial charge is 0.228 e. The summed E-state index contributed by atoms with van der Waals surface area (Å²) in [4.78, 5) is 16.3. The standard InChI is InChI=1S/C19H21N5O/c1-10(2)18-15(9-22-24-18)12-5-13-7-17(23-19(25)11-3-4-11)21-8-14(13)16(20)6-12/h5-11H,3-4,20H2,1-2H3,(H,22,24)(H,21,23,25). The predicted molar refractivity (Wildman–Crippen MR) is 99.2 cm³/mol. The first-order valence-corrected chi connectivity index (χ1v) is 8.56. The van der Waals surface area contributed by atoms with Gasteiger partial charge in [0, 0.05) is 34.4 Å². The van der Waals surface area contributed by atoms with Gasteiger partial charge in [0.15, 0.2) is 0 Å². The zero-order chi connectivity index (χ0) is 17.6. The van der Waals surface area contributed by atoms with Crippen molar-refractivity contribution in [3.63, 3.8) is 0 Å². The van der Waals surface area contributed by atoms with Gasteiger partial charge in [-0.2, -0.15) is 5.10 Å². The third kappa shape index (κ3) is 2.95. The summed E-state index contributed by atoms with van der Waals surface area (Å²) in [5.41, 5.74) is 10.0. The molecule has 1 fully saturated rings. The number of benzene rings is 1. The van der Waals surface area contributed by atoms with E-state index in [-0.39, 0.29) is 11.8 Å². The molecular formula is C19H21N5O.